The van der Waals surface area contributed by atoms with E-state index in [1.807, 2.05) is 13.8 Å². The lowest BCUT2D eigenvalue weighted by Crippen LogP contribution is -2.47. The van der Waals surface area contributed by atoms with Crippen molar-refractivity contribution in [2.45, 2.75) is 26.1 Å². The number of hydrogen-bond acceptors (Lipinski definition) is 4. The first-order chi connectivity index (χ1) is 10.9. The predicted octanol–water partition coefficient (Wildman–Crippen LogP) is 3.01. The molecule has 0 spiro atoms. The Hall–Kier alpha value is -1.72. The molecule has 1 aliphatic heterocycles. The number of hydrogen-bond donors (Lipinski definition) is 0. The minimum Gasteiger partial charge on any atom is -0.493 e. The van der Waals surface area contributed by atoms with Crippen LogP contribution >= 0.6 is 11.6 Å². The van der Waals surface area contributed by atoms with Crippen LogP contribution in [0.5, 0.6) is 11.5 Å². The maximum Gasteiger partial charge on any atom is 0.246 e. The van der Waals surface area contributed by atoms with E-state index >= 15 is 0 Å². The molecule has 6 heteroatoms. The third kappa shape index (κ3) is 4.39. The molecule has 0 aromatic heterocycles. The minimum absolute atomic E-state index is 0.0436. The zero-order valence-corrected chi connectivity index (χ0v) is 14.6. The Bertz CT molecular complexity index is 593. The molecule has 1 fully saturated rings. The van der Waals surface area contributed by atoms with Crippen molar-refractivity contribution in [3.05, 3.63) is 28.8 Å². The van der Waals surface area contributed by atoms with Crippen molar-refractivity contribution in [1.82, 2.24) is 4.90 Å². The van der Waals surface area contributed by atoms with Gasteiger partial charge in [-0.3, -0.25) is 4.79 Å². The molecule has 5 nitrogen and oxygen atoms in total. The lowest BCUT2D eigenvalue weighted by Gasteiger charge is -2.34. The molecule has 1 aliphatic rings. The first-order valence-electron chi connectivity index (χ1n) is 7.48. The molecule has 126 valence electrons. The Labute approximate surface area is 141 Å². The van der Waals surface area contributed by atoms with E-state index in [2.05, 4.69) is 0 Å². The van der Waals surface area contributed by atoms with Gasteiger partial charge in [0.15, 0.2) is 11.5 Å². The lowest BCUT2D eigenvalue weighted by atomic mass is 10.1. The molecular formula is C17H22ClNO4. The van der Waals surface area contributed by atoms with Gasteiger partial charge in [-0.2, -0.15) is 0 Å². The van der Waals surface area contributed by atoms with Crippen LogP contribution in [-0.2, 0) is 9.53 Å². The maximum atomic E-state index is 12.3. The normalized spacial score (nSPS) is 21.5. The predicted molar refractivity (Wildman–Crippen MR) is 90.2 cm³/mol. The molecule has 0 radical (unpaired) electrons. The zero-order valence-electron chi connectivity index (χ0n) is 13.8. The Balaban J connectivity index is 2.13. The molecule has 1 aromatic rings. The molecular weight excluding hydrogens is 318 g/mol. The van der Waals surface area contributed by atoms with Gasteiger partial charge in [-0.15, -0.1) is 0 Å². The molecule has 1 amide bonds. The minimum atomic E-state index is -0.0436. The highest BCUT2D eigenvalue weighted by Crippen LogP contribution is 2.36. The Morgan fingerprint density at radius 2 is 1.91 bits per heavy atom. The molecule has 2 rings (SSSR count). The van der Waals surface area contributed by atoms with Gasteiger partial charge in [-0.25, -0.2) is 0 Å². The van der Waals surface area contributed by atoms with Crippen molar-refractivity contribution in [2.24, 2.45) is 0 Å². The highest BCUT2D eigenvalue weighted by atomic mass is 35.5. The molecule has 1 heterocycles. The molecule has 1 aromatic carbocycles. The number of morpholine rings is 1. The average Bonchev–Trinajstić information content (AvgIpc) is 2.50. The van der Waals surface area contributed by atoms with Gasteiger partial charge in [0, 0.05) is 19.2 Å². The van der Waals surface area contributed by atoms with Crippen molar-refractivity contribution < 1.29 is 19.0 Å². The van der Waals surface area contributed by atoms with E-state index in [1.54, 1.807) is 36.3 Å². The van der Waals surface area contributed by atoms with Crippen LogP contribution in [0.2, 0.25) is 5.02 Å². The Kier molecular flexibility index (Phi) is 5.91. The number of ether oxygens (including phenoxy) is 3. The lowest BCUT2D eigenvalue weighted by molar-refractivity contribution is -0.137. The fourth-order valence-electron chi connectivity index (χ4n) is 2.66. The SMILES string of the molecule is COc1cc(/C=C/C(=O)N2CC(C)OC(C)C2)cc(Cl)c1OC. The van der Waals surface area contributed by atoms with Crippen LogP contribution in [-0.4, -0.2) is 50.3 Å². The van der Waals surface area contributed by atoms with E-state index in [9.17, 15) is 4.79 Å². The first-order valence-corrected chi connectivity index (χ1v) is 7.86. The van der Waals surface area contributed by atoms with Crippen LogP contribution < -0.4 is 9.47 Å². The highest BCUT2D eigenvalue weighted by Gasteiger charge is 2.24. The number of rotatable bonds is 4. The van der Waals surface area contributed by atoms with Gasteiger partial charge in [0.25, 0.3) is 0 Å². The number of amides is 1. The van der Waals surface area contributed by atoms with Crippen molar-refractivity contribution >= 4 is 23.6 Å². The monoisotopic (exact) mass is 339 g/mol. The topological polar surface area (TPSA) is 48.0 Å². The fraction of sp³-hybridized carbons (Fsp3) is 0.471. The zero-order chi connectivity index (χ0) is 17.0. The summed E-state index contributed by atoms with van der Waals surface area (Å²) in [5, 5.41) is 0.438. The van der Waals surface area contributed by atoms with Gasteiger partial charge in [0.2, 0.25) is 5.91 Å². The summed E-state index contributed by atoms with van der Waals surface area (Å²) in [6.45, 7) is 5.13. The molecule has 1 saturated heterocycles. The number of nitrogens with zero attached hydrogens (tertiary/aromatic N) is 1. The molecule has 0 saturated carbocycles. The second-order valence-electron chi connectivity index (χ2n) is 5.57. The molecule has 0 aliphatic carbocycles. The average molecular weight is 340 g/mol. The van der Waals surface area contributed by atoms with Gasteiger partial charge in [0.1, 0.15) is 0 Å². The van der Waals surface area contributed by atoms with E-state index in [1.165, 1.54) is 7.11 Å². The molecule has 2 unspecified atom stereocenters. The van der Waals surface area contributed by atoms with E-state index in [-0.39, 0.29) is 18.1 Å². The van der Waals surface area contributed by atoms with Crippen LogP contribution in [0.3, 0.4) is 0 Å². The van der Waals surface area contributed by atoms with E-state index in [0.29, 0.717) is 29.6 Å². The molecule has 0 N–H and O–H groups in total. The summed E-state index contributed by atoms with van der Waals surface area (Å²) in [7, 11) is 3.08. The second kappa shape index (κ2) is 7.70. The van der Waals surface area contributed by atoms with Gasteiger partial charge in [-0.1, -0.05) is 11.6 Å². The maximum absolute atomic E-state index is 12.3. The molecule has 23 heavy (non-hydrogen) atoms. The van der Waals surface area contributed by atoms with Crippen LogP contribution in [0.1, 0.15) is 19.4 Å². The number of carbonyl (C=O) groups excluding carboxylic acids is 1. The highest BCUT2D eigenvalue weighted by molar-refractivity contribution is 6.32. The first kappa shape index (κ1) is 17.6. The number of carbonyl (C=O) groups is 1. The number of halogens is 1. The summed E-state index contributed by atoms with van der Waals surface area (Å²) in [4.78, 5) is 14.1. The third-order valence-corrected chi connectivity index (χ3v) is 3.89. The van der Waals surface area contributed by atoms with Crippen LogP contribution in [0, 0.1) is 0 Å². The van der Waals surface area contributed by atoms with Crippen molar-refractivity contribution in [3.8, 4) is 11.5 Å². The van der Waals surface area contributed by atoms with Crippen LogP contribution in [0.15, 0.2) is 18.2 Å². The van der Waals surface area contributed by atoms with Crippen molar-refractivity contribution in [2.75, 3.05) is 27.3 Å². The van der Waals surface area contributed by atoms with Crippen LogP contribution in [0.25, 0.3) is 6.08 Å². The number of methoxy groups -OCH3 is 2. The van der Waals surface area contributed by atoms with Gasteiger partial charge < -0.3 is 19.1 Å². The van der Waals surface area contributed by atoms with Crippen LogP contribution in [0.4, 0.5) is 0 Å². The van der Waals surface area contributed by atoms with E-state index in [4.69, 9.17) is 25.8 Å². The van der Waals surface area contributed by atoms with Gasteiger partial charge in [0.05, 0.1) is 31.5 Å². The van der Waals surface area contributed by atoms with E-state index < -0.39 is 0 Å². The van der Waals surface area contributed by atoms with E-state index in [0.717, 1.165) is 5.56 Å². The smallest absolute Gasteiger partial charge is 0.246 e. The number of benzene rings is 1. The standard InChI is InChI=1S/C17H22ClNO4/c1-11-9-19(10-12(2)23-11)16(20)6-5-13-7-14(18)17(22-4)15(8-13)21-3/h5-8,11-12H,9-10H2,1-4H3/b6-5+. The third-order valence-electron chi connectivity index (χ3n) is 3.61. The molecule has 2 atom stereocenters. The van der Waals surface area contributed by atoms with Crippen molar-refractivity contribution in [3.63, 3.8) is 0 Å². The quantitative estimate of drug-likeness (QED) is 0.791. The second-order valence-corrected chi connectivity index (χ2v) is 5.98. The molecule has 0 bridgehead atoms. The summed E-state index contributed by atoms with van der Waals surface area (Å²) >= 11 is 6.16. The Morgan fingerprint density at radius 1 is 1.26 bits per heavy atom. The summed E-state index contributed by atoms with van der Waals surface area (Å²) in [5.41, 5.74) is 0.773. The summed E-state index contributed by atoms with van der Waals surface area (Å²) in [5.74, 6) is 0.965. The van der Waals surface area contributed by atoms with Gasteiger partial charge in [-0.05, 0) is 37.6 Å². The van der Waals surface area contributed by atoms with Gasteiger partial charge >= 0.3 is 0 Å². The Morgan fingerprint density at radius 3 is 2.48 bits per heavy atom. The summed E-state index contributed by atoms with van der Waals surface area (Å²) in [6, 6.07) is 3.51. The van der Waals surface area contributed by atoms with Crippen molar-refractivity contribution in [1.29, 1.82) is 0 Å². The summed E-state index contributed by atoms with van der Waals surface area (Å²) in [6.07, 6.45) is 3.36. The fourth-order valence-corrected chi connectivity index (χ4v) is 2.96. The largest absolute Gasteiger partial charge is 0.493 e. The summed E-state index contributed by atoms with van der Waals surface area (Å²) < 4.78 is 16.1.